The van der Waals surface area contributed by atoms with Crippen LogP contribution in [-0.2, 0) is 5.60 Å². The summed E-state index contributed by atoms with van der Waals surface area (Å²) in [4.78, 5) is 4.04. The van der Waals surface area contributed by atoms with Crippen LogP contribution in [0.15, 0.2) is 85.2 Å². The Morgan fingerprint density at radius 2 is 0.917 bits per heavy atom. The van der Waals surface area contributed by atoms with Crippen LogP contribution in [0, 0.1) is 0 Å². The summed E-state index contributed by atoms with van der Waals surface area (Å²) in [6, 6.07) is 23.1. The molecule has 1 aromatic heterocycles. The molecule has 2 nitrogen and oxygen atoms in total. The molecule has 0 aliphatic heterocycles. The van der Waals surface area contributed by atoms with Gasteiger partial charge in [-0.05, 0) is 28.8 Å². The van der Waals surface area contributed by atoms with E-state index < -0.39 is 5.60 Å². The Balaban J connectivity index is 0.000000671. The van der Waals surface area contributed by atoms with E-state index in [2.05, 4.69) is 4.98 Å². The van der Waals surface area contributed by atoms with E-state index in [1.165, 1.54) is 0 Å². The Morgan fingerprint density at radius 1 is 0.583 bits per heavy atom. The molecule has 0 aliphatic carbocycles. The number of rotatable bonds is 3. The van der Waals surface area contributed by atoms with Crippen LogP contribution in [0.1, 0.15) is 44.4 Å². The predicted molar refractivity (Wildman–Crippen MR) is 102 cm³/mol. The highest BCUT2D eigenvalue weighted by atomic mass is 16.3. The fourth-order valence-corrected chi connectivity index (χ4v) is 2.45. The van der Waals surface area contributed by atoms with Gasteiger partial charge < -0.3 is 5.11 Å². The van der Waals surface area contributed by atoms with Crippen molar-refractivity contribution in [2.75, 3.05) is 0 Å². The molecular weight excluding hydrogens is 294 g/mol. The van der Waals surface area contributed by atoms with E-state index in [-0.39, 0.29) is 0 Å². The third-order valence-corrected chi connectivity index (χ3v) is 3.48. The van der Waals surface area contributed by atoms with Crippen molar-refractivity contribution in [2.45, 2.75) is 33.3 Å². The van der Waals surface area contributed by atoms with E-state index in [0.717, 1.165) is 16.7 Å². The lowest BCUT2D eigenvalue weighted by Gasteiger charge is -2.29. The second-order valence-electron chi connectivity index (χ2n) is 4.68. The molecule has 126 valence electrons. The molecule has 3 rings (SSSR count). The molecule has 0 radical (unpaired) electrons. The van der Waals surface area contributed by atoms with Crippen molar-refractivity contribution in [1.29, 1.82) is 0 Å². The zero-order valence-electron chi connectivity index (χ0n) is 15.0. The summed E-state index contributed by atoms with van der Waals surface area (Å²) < 4.78 is 0. The van der Waals surface area contributed by atoms with Crippen LogP contribution in [0.5, 0.6) is 0 Å². The molecule has 0 spiro atoms. The largest absolute Gasteiger partial charge is 0.376 e. The van der Waals surface area contributed by atoms with Gasteiger partial charge in [-0.25, -0.2) is 0 Å². The van der Waals surface area contributed by atoms with Gasteiger partial charge in [-0.15, -0.1) is 0 Å². The number of hydrogen-bond acceptors (Lipinski definition) is 2. The van der Waals surface area contributed by atoms with E-state index in [4.69, 9.17) is 0 Å². The highest BCUT2D eigenvalue weighted by Gasteiger charge is 2.33. The zero-order chi connectivity index (χ0) is 17.8. The fraction of sp³-hybridized carbons (Fsp3) is 0.227. The fourth-order valence-electron chi connectivity index (χ4n) is 2.45. The maximum Gasteiger partial charge on any atom is 0.140 e. The minimum Gasteiger partial charge on any atom is -0.376 e. The number of pyridine rings is 1. The van der Waals surface area contributed by atoms with Gasteiger partial charge in [0.05, 0.1) is 0 Å². The lowest BCUT2D eigenvalue weighted by atomic mass is 9.81. The van der Waals surface area contributed by atoms with Gasteiger partial charge in [-0.1, -0.05) is 88.4 Å². The molecular formula is C22H27NO. The number of aliphatic hydroxyl groups is 1. The summed E-state index contributed by atoms with van der Waals surface area (Å²) >= 11 is 0. The first-order valence-electron chi connectivity index (χ1n) is 8.56. The van der Waals surface area contributed by atoms with Crippen LogP contribution in [0.25, 0.3) is 0 Å². The molecule has 3 aromatic rings. The third kappa shape index (κ3) is 4.30. The van der Waals surface area contributed by atoms with Crippen LogP contribution in [0.3, 0.4) is 0 Å². The maximum atomic E-state index is 11.4. The van der Waals surface area contributed by atoms with E-state index in [9.17, 15) is 5.11 Å². The van der Waals surface area contributed by atoms with Gasteiger partial charge in [-0.3, -0.25) is 4.98 Å². The summed E-state index contributed by atoms with van der Waals surface area (Å²) in [6.07, 6.45) is 3.40. The van der Waals surface area contributed by atoms with E-state index in [1.54, 1.807) is 12.4 Å². The molecule has 0 saturated heterocycles. The summed E-state index contributed by atoms with van der Waals surface area (Å²) in [5.74, 6) is 0. The number of nitrogens with zero attached hydrogens (tertiary/aromatic N) is 1. The lowest BCUT2D eigenvalue weighted by molar-refractivity contribution is 0.125. The SMILES string of the molecule is CC.CC.OC(c1ccccc1)(c1ccccc1)c1ccncc1. The molecule has 0 amide bonds. The summed E-state index contributed by atoms with van der Waals surface area (Å²) in [6.45, 7) is 8.00. The van der Waals surface area contributed by atoms with Crippen molar-refractivity contribution >= 4 is 0 Å². The Hall–Kier alpha value is -2.45. The normalized spacial score (nSPS) is 9.88. The van der Waals surface area contributed by atoms with Crippen molar-refractivity contribution in [3.8, 4) is 0 Å². The quantitative estimate of drug-likeness (QED) is 0.699. The first kappa shape index (κ1) is 19.6. The monoisotopic (exact) mass is 321 g/mol. The maximum absolute atomic E-state index is 11.4. The standard InChI is InChI=1S/C18H15NO.2C2H6/c20-18(15-7-3-1-4-8-15,16-9-5-2-6-10-16)17-11-13-19-14-12-17;2*1-2/h1-14,20H;2*1-2H3. The van der Waals surface area contributed by atoms with Crippen molar-refractivity contribution < 1.29 is 5.11 Å². The lowest BCUT2D eigenvalue weighted by Crippen LogP contribution is -2.28. The molecule has 2 aromatic carbocycles. The van der Waals surface area contributed by atoms with E-state index in [1.807, 2.05) is 100 Å². The Kier molecular flexibility index (Phi) is 8.45. The average Bonchev–Trinajstić information content (AvgIpc) is 2.72. The average molecular weight is 321 g/mol. The number of benzene rings is 2. The van der Waals surface area contributed by atoms with E-state index in [0.29, 0.717) is 0 Å². The minimum atomic E-state index is -1.16. The molecule has 2 heteroatoms. The van der Waals surface area contributed by atoms with Crippen LogP contribution >= 0.6 is 0 Å². The summed E-state index contributed by atoms with van der Waals surface area (Å²) in [5, 5.41) is 11.4. The van der Waals surface area contributed by atoms with E-state index >= 15 is 0 Å². The first-order chi connectivity index (χ1) is 11.8. The number of aromatic nitrogens is 1. The van der Waals surface area contributed by atoms with Crippen LogP contribution in [0.4, 0.5) is 0 Å². The molecule has 1 heterocycles. The molecule has 0 aliphatic rings. The topological polar surface area (TPSA) is 33.1 Å². The molecule has 0 fully saturated rings. The van der Waals surface area contributed by atoms with Crippen LogP contribution < -0.4 is 0 Å². The molecule has 0 unspecified atom stereocenters. The highest BCUT2D eigenvalue weighted by Crippen LogP contribution is 2.35. The summed E-state index contributed by atoms with van der Waals surface area (Å²) in [5.41, 5.74) is 1.34. The van der Waals surface area contributed by atoms with Crippen molar-refractivity contribution in [3.63, 3.8) is 0 Å². The number of hydrogen-bond donors (Lipinski definition) is 1. The van der Waals surface area contributed by atoms with Crippen LogP contribution in [0.2, 0.25) is 0 Å². The minimum absolute atomic E-state index is 0.810. The third-order valence-electron chi connectivity index (χ3n) is 3.48. The smallest absolute Gasteiger partial charge is 0.140 e. The molecule has 0 bridgehead atoms. The Labute approximate surface area is 145 Å². The van der Waals surface area contributed by atoms with Crippen molar-refractivity contribution in [1.82, 2.24) is 4.98 Å². The molecule has 1 N–H and O–H groups in total. The Bertz CT molecular complexity index is 569. The highest BCUT2D eigenvalue weighted by molar-refractivity contribution is 5.46. The predicted octanol–water partition coefficient (Wildman–Crippen LogP) is 5.42. The van der Waals surface area contributed by atoms with Crippen molar-refractivity contribution in [3.05, 3.63) is 102 Å². The second-order valence-corrected chi connectivity index (χ2v) is 4.68. The van der Waals surface area contributed by atoms with Crippen molar-refractivity contribution in [2.24, 2.45) is 0 Å². The van der Waals surface area contributed by atoms with Gasteiger partial charge >= 0.3 is 0 Å². The van der Waals surface area contributed by atoms with Gasteiger partial charge in [0.25, 0.3) is 0 Å². The first-order valence-corrected chi connectivity index (χ1v) is 8.56. The van der Waals surface area contributed by atoms with Gasteiger partial charge in [0.1, 0.15) is 5.60 Å². The molecule has 0 saturated carbocycles. The molecule has 0 atom stereocenters. The van der Waals surface area contributed by atoms with Gasteiger partial charge in [0.2, 0.25) is 0 Å². The molecule has 24 heavy (non-hydrogen) atoms. The van der Waals surface area contributed by atoms with Crippen LogP contribution in [-0.4, -0.2) is 10.1 Å². The van der Waals surface area contributed by atoms with Gasteiger partial charge in [0.15, 0.2) is 0 Å². The summed E-state index contributed by atoms with van der Waals surface area (Å²) in [7, 11) is 0. The van der Waals surface area contributed by atoms with Gasteiger partial charge in [-0.2, -0.15) is 0 Å². The van der Waals surface area contributed by atoms with Gasteiger partial charge in [0, 0.05) is 12.4 Å². The second kappa shape index (κ2) is 10.3. The zero-order valence-corrected chi connectivity index (χ0v) is 15.0. The Morgan fingerprint density at radius 3 is 1.29 bits per heavy atom.